The SMILES string of the molecule is CCOc1cc(CNC(=NC)NCc2ccccc2C)ccc1OC.I. The fourth-order valence-electron chi connectivity index (χ4n) is 2.49. The van der Waals surface area contributed by atoms with Gasteiger partial charge in [-0.05, 0) is 42.7 Å². The Bertz CT molecular complexity index is 720. The van der Waals surface area contributed by atoms with Gasteiger partial charge in [-0.3, -0.25) is 4.99 Å². The highest BCUT2D eigenvalue weighted by Crippen LogP contribution is 2.27. The molecule has 0 spiro atoms. The first-order valence-corrected chi connectivity index (χ1v) is 8.46. The maximum Gasteiger partial charge on any atom is 0.191 e. The molecule has 0 heterocycles. The van der Waals surface area contributed by atoms with Crippen LogP contribution in [-0.2, 0) is 13.1 Å². The molecule has 26 heavy (non-hydrogen) atoms. The Kier molecular flexibility index (Phi) is 9.87. The Labute approximate surface area is 173 Å². The van der Waals surface area contributed by atoms with Gasteiger partial charge in [0.1, 0.15) is 0 Å². The van der Waals surface area contributed by atoms with E-state index >= 15 is 0 Å². The molecule has 2 aromatic rings. The van der Waals surface area contributed by atoms with Crippen LogP contribution in [0.25, 0.3) is 0 Å². The van der Waals surface area contributed by atoms with Gasteiger partial charge in [0.15, 0.2) is 17.5 Å². The lowest BCUT2D eigenvalue weighted by atomic mass is 10.1. The molecule has 0 bridgehead atoms. The first-order chi connectivity index (χ1) is 12.2. The molecule has 2 rings (SSSR count). The zero-order valence-corrected chi connectivity index (χ0v) is 18.2. The lowest BCUT2D eigenvalue weighted by molar-refractivity contribution is 0.310. The highest BCUT2D eigenvalue weighted by Gasteiger charge is 2.06. The van der Waals surface area contributed by atoms with Gasteiger partial charge in [-0.1, -0.05) is 30.3 Å². The second kappa shape index (κ2) is 11.6. The van der Waals surface area contributed by atoms with Crippen molar-refractivity contribution < 1.29 is 9.47 Å². The minimum atomic E-state index is 0. The van der Waals surface area contributed by atoms with Crippen molar-refractivity contribution in [3.05, 3.63) is 59.2 Å². The number of nitrogens with one attached hydrogen (secondary N) is 2. The molecule has 2 N–H and O–H groups in total. The number of nitrogens with zero attached hydrogens (tertiary/aromatic N) is 1. The van der Waals surface area contributed by atoms with Crippen molar-refractivity contribution in [1.29, 1.82) is 0 Å². The summed E-state index contributed by atoms with van der Waals surface area (Å²) in [5.74, 6) is 2.26. The van der Waals surface area contributed by atoms with E-state index in [0.29, 0.717) is 13.2 Å². The van der Waals surface area contributed by atoms with Gasteiger partial charge in [-0.25, -0.2) is 0 Å². The largest absolute Gasteiger partial charge is 0.493 e. The van der Waals surface area contributed by atoms with Crippen molar-refractivity contribution in [3.8, 4) is 11.5 Å². The summed E-state index contributed by atoms with van der Waals surface area (Å²) in [5, 5.41) is 6.67. The van der Waals surface area contributed by atoms with E-state index in [9.17, 15) is 0 Å². The van der Waals surface area contributed by atoms with Crippen LogP contribution in [0.4, 0.5) is 0 Å². The van der Waals surface area contributed by atoms with Gasteiger partial charge in [-0.2, -0.15) is 0 Å². The Hall–Kier alpha value is -1.96. The van der Waals surface area contributed by atoms with Crippen molar-refractivity contribution in [2.75, 3.05) is 20.8 Å². The van der Waals surface area contributed by atoms with Crippen LogP contribution in [0.3, 0.4) is 0 Å². The molecule has 0 radical (unpaired) electrons. The molecule has 0 aliphatic heterocycles. The second-order valence-corrected chi connectivity index (χ2v) is 5.62. The van der Waals surface area contributed by atoms with Crippen molar-refractivity contribution in [3.63, 3.8) is 0 Å². The molecular formula is C20H28IN3O2. The van der Waals surface area contributed by atoms with Crippen molar-refractivity contribution in [1.82, 2.24) is 10.6 Å². The maximum absolute atomic E-state index is 5.62. The zero-order chi connectivity index (χ0) is 18.1. The fourth-order valence-corrected chi connectivity index (χ4v) is 2.49. The minimum Gasteiger partial charge on any atom is -0.493 e. The first kappa shape index (κ1) is 22.1. The molecule has 0 saturated heterocycles. The minimum absolute atomic E-state index is 0. The highest BCUT2D eigenvalue weighted by molar-refractivity contribution is 14.0. The number of benzene rings is 2. The van der Waals surface area contributed by atoms with E-state index in [1.807, 2.05) is 37.3 Å². The topological polar surface area (TPSA) is 54.9 Å². The van der Waals surface area contributed by atoms with Crippen LogP contribution in [0.1, 0.15) is 23.6 Å². The molecule has 142 valence electrons. The molecule has 0 aliphatic rings. The third kappa shape index (κ3) is 6.40. The molecule has 0 saturated carbocycles. The lowest BCUT2D eigenvalue weighted by Gasteiger charge is -2.14. The molecule has 6 heteroatoms. The molecule has 2 aromatic carbocycles. The maximum atomic E-state index is 5.62. The monoisotopic (exact) mass is 469 g/mol. The Morgan fingerprint density at radius 2 is 1.77 bits per heavy atom. The zero-order valence-electron chi connectivity index (χ0n) is 15.8. The predicted octanol–water partition coefficient (Wildman–Crippen LogP) is 3.89. The van der Waals surface area contributed by atoms with Crippen LogP contribution in [0.15, 0.2) is 47.5 Å². The van der Waals surface area contributed by atoms with Crippen LogP contribution in [-0.4, -0.2) is 26.7 Å². The fraction of sp³-hybridized carbons (Fsp3) is 0.350. The first-order valence-electron chi connectivity index (χ1n) is 8.46. The van der Waals surface area contributed by atoms with Crippen molar-refractivity contribution >= 4 is 29.9 Å². The number of hydrogen-bond acceptors (Lipinski definition) is 3. The van der Waals surface area contributed by atoms with Crippen LogP contribution in [0.5, 0.6) is 11.5 Å². The summed E-state index contributed by atoms with van der Waals surface area (Å²) in [6.07, 6.45) is 0. The normalized spacial score (nSPS) is 10.7. The summed E-state index contributed by atoms with van der Waals surface area (Å²) in [5.41, 5.74) is 3.62. The van der Waals surface area contributed by atoms with E-state index in [1.54, 1.807) is 14.2 Å². The summed E-state index contributed by atoms with van der Waals surface area (Å²) in [4.78, 5) is 4.28. The van der Waals surface area contributed by atoms with E-state index in [2.05, 4.69) is 34.7 Å². The van der Waals surface area contributed by atoms with Crippen LogP contribution < -0.4 is 20.1 Å². The van der Waals surface area contributed by atoms with Gasteiger partial charge in [0.05, 0.1) is 13.7 Å². The molecular weight excluding hydrogens is 441 g/mol. The summed E-state index contributed by atoms with van der Waals surface area (Å²) >= 11 is 0. The summed E-state index contributed by atoms with van der Waals surface area (Å²) < 4.78 is 10.9. The summed E-state index contributed by atoms with van der Waals surface area (Å²) in [7, 11) is 3.42. The molecule has 0 fully saturated rings. The molecule has 0 amide bonds. The van der Waals surface area contributed by atoms with Gasteiger partial charge in [0.25, 0.3) is 0 Å². The quantitative estimate of drug-likeness (QED) is 0.367. The molecule has 0 aliphatic carbocycles. The predicted molar refractivity (Wildman–Crippen MR) is 118 cm³/mol. The molecule has 0 unspecified atom stereocenters. The van der Waals surface area contributed by atoms with E-state index < -0.39 is 0 Å². The molecule has 5 nitrogen and oxygen atoms in total. The van der Waals surface area contributed by atoms with Gasteiger partial charge < -0.3 is 20.1 Å². The number of aliphatic imine (C=N–C) groups is 1. The third-order valence-electron chi connectivity index (χ3n) is 3.92. The van der Waals surface area contributed by atoms with E-state index in [1.165, 1.54) is 11.1 Å². The molecule has 0 atom stereocenters. The highest BCUT2D eigenvalue weighted by atomic mass is 127. The lowest BCUT2D eigenvalue weighted by Crippen LogP contribution is -2.36. The number of aryl methyl sites for hydroxylation is 1. The summed E-state index contributed by atoms with van der Waals surface area (Å²) in [6.45, 7) is 6.06. The van der Waals surface area contributed by atoms with E-state index in [0.717, 1.165) is 29.6 Å². The van der Waals surface area contributed by atoms with Crippen LogP contribution >= 0.6 is 24.0 Å². The Morgan fingerprint density at radius 3 is 2.42 bits per heavy atom. The molecule has 0 aromatic heterocycles. The number of rotatable bonds is 7. The average molecular weight is 469 g/mol. The number of ether oxygens (including phenoxy) is 2. The Morgan fingerprint density at radius 1 is 1.04 bits per heavy atom. The standard InChI is InChI=1S/C20H27N3O2.HI/c1-5-25-19-12-16(10-11-18(19)24-4)13-22-20(21-3)23-14-17-9-7-6-8-15(17)2;/h6-12H,5,13-14H2,1-4H3,(H2,21,22,23);1H. The van der Waals surface area contributed by atoms with Crippen molar-refractivity contribution in [2.45, 2.75) is 26.9 Å². The number of methoxy groups -OCH3 is 1. The Balaban J connectivity index is 0.00000338. The van der Waals surface area contributed by atoms with Crippen LogP contribution in [0.2, 0.25) is 0 Å². The smallest absolute Gasteiger partial charge is 0.191 e. The third-order valence-corrected chi connectivity index (χ3v) is 3.92. The van der Waals surface area contributed by atoms with Crippen LogP contribution in [0, 0.1) is 6.92 Å². The van der Waals surface area contributed by atoms with Gasteiger partial charge in [0.2, 0.25) is 0 Å². The number of hydrogen-bond donors (Lipinski definition) is 2. The van der Waals surface area contributed by atoms with Crippen molar-refractivity contribution in [2.24, 2.45) is 4.99 Å². The summed E-state index contributed by atoms with van der Waals surface area (Å²) in [6, 6.07) is 14.3. The van der Waals surface area contributed by atoms with E-state index in [-0.39, 0.29) is 24.0 Å². The van der Waals surface area contributed by atoms with Gasteiger partial charge in [0, 0.05) is 20.1 Å². The second-order valence-electron chi connectivity index (χ2n) is 5.62. The van der Waals surface area contributed by atoms with Gasteiger partial charge >= 0.3 is 0 Å². The number of halogens is 1. The van der Waals surface area contributed by atoms with E-state index in [4.69, 9.17) is 9.47 Å². The number of guanidine groups is 1. The average Bonchev–Trinajstić information content (AvgIpc) is 2.63. The van der Waals surface area contributed by atoms with Gasteiger partial charge in [-0.15, -0.1) is 24.0 Å².